The van der Waals surface area contributed by atoms with Gasteiger partial charge in [-0.15, -0.1) is 0 Å². The molecule has 0 aliphatic rings. The summed E-state index contributed by atoms with van der Waals surface area (Å²) < 4.78 is 30.7. The molecule has 1 N–H and O–H groups in total. The standard InChI is InChI=1S/C9H10O2.CH4O3S/c1-2-11-9(10)8-6-4-3-5-7-8;1-5(2,3)4/h3-7H,2H2,1H3;1H3,(H,2,3,4). The van der Waals surface area contributed by atoms with Crippen LogP contribution in [0, 0.1) is 0 Å². The minimum Gasteiger partial charge on any atom is -0.462 e. The Balaban J connectivity index is 0.000000385. The van der Waals surface area contributed by atoms with Crippen LogP contribution in [0.4, 0.5) is 0 Å². The molecule has 0 atom stereocenters. The SMILES string of the molecule is CCOC(=O)c1ccccc1.CS(=O)(=O)O. The fraction of sp³-hybridized carbons (Fsp3) is 0.300. The number of benzene rings is 1. The summed E-state index contributed by atoms with van der Waals surface area (Å²) in [5, 5.41) is 0. The van der Waals surface area contributed by atoms with Gasteiger partial charge in [0.25, 0.3) is 10.1 Å². The summed E-state index contributed by atoms with van der Waals surface area (Å²) >= 11 is 0. The van der Waals surface area contributed by atoms with E-state index in [4.69, 9.17) is 9.29 Å². The first-order chi connectivity index (χ1) is 7.34. The van der Waals surface area contributed by atoms with Crippen LogP contribution in [0.25, 0.3) is 0 Å². The molecule has 1 aromatic carbocycles. The Morgan fingerprint density at radius 1 is 1.31 bits per heavy atom. The highest BCUT2D eigenvalue weighted by molar-refractivity contribution is 7.85. The summed E-state index contributed by atoms with van der Waals surface area (Å²) in [7, 11) is -3.67. The van der Waals surface area contributed by atoms with E-state index in [1.807, 2.05) is 18.2 Å². The molecule has 6 heteroatoms. The van der Waals surface area contributed by atoms with E-state index in [1.54, 1.807) is 19.1 Å². The van der Waals surface area contributed by atoms with Crippen LogP contribution in [-0.4, -0.2) is 31.8 Å². The molecule has 0 spiro atoms. The lowest BCUT2D eigenvalue weighted by atomic mass is 10.2. The van der Waals surface area contributed by atoms with E-state index in [0.29, 0.717) is 18.4 Å². The van der Waals surface area contributed by atoms with Crippen molar-refractivity contribution >= 4 is 16.1 Å². The second kappa shape index (κ2) is 6.97. The Morgan fingerprint density at radius 3 is 2.12 bits per heavy atom. The quantitative estimate of drug-likeness (QED) is 0.629. The molecule has 0 aromatic heterocycles. The van der Waals surface area contributed by atoms with Gasteiger partial charge in [0.15, 0.2) is 0 Å². The average Bonchev–Trinajstić information content (AvgIpc) is 2.17. The molecule has 0 heterocycles. The van der Waals surface area contributed by atoms with Crippen molar-refractivity contribution < 1.29 is 22.5 Å². The Kier molecular flexibility index (Phi) is 6.36. The number of esters is 1. The van der Waals surface area contributed by atoms with Gasteiger partial charge < -0.3 is 4.74 Å². The van der Waals surface area contributed by atoms with Gasteiger partial charge in [-0.05, 0) is 19.1 Å². The van der Waals surface area contributed by atoms with Gasteiger partial charge >= 0.3 is 5.97 Å². The summed E-state index contributed by atoms with van der Waals surface area (Å²) in [4.78, 5) is 11.0. The molecule has 1 aromatic rings. The first kappa shape index (κ1) is 14.6. The highest BCUT2D eigenvalue weighted by Gasteiger charge is 2.02. The third kappa shape index (κ3) is 9.17. The van der Waals surface area contributed by atoms with Gasteiger partial charge in [0, 0.05) is 0 Å². The van der Waals surface area contributed by atoms with Crippen molar-refractivity contribution in [3.8, 4) is 0 Å². The summed E-state index contributed by atoms with van der Waals surface area (Å²) in [6, 6.07) is 8.96. The van der Waals surface area contributed by atoms with Crippen molar-refractivity contribution in [2.45, 2.75) is 6.92 Å². The lowest BCUT2D eigenvalue weighted by Crippen LogP contribution is -2.03. The third-order valence-electron chi connectivity index (χ3n) is 1.28. The maximum atomic E-state index is 11.0. The van der Waals surface area contributed by atoms with E-state index in [0.717, 1.165) is 0 Å². The maximum absolute atomic E-state index is 11.0. The van der Waals surface area contributed by atoms with E-state index < -0.39 is 10.1 Å². The molecule has 0 fully saturated rings. The van der Waals surface area contributed by atoms with Gasteiger partial charge in [-0.25, -0.2) is 4.79 Å². The molecule has 90 valence electrons. The molecular weight excluding hydrogens is 232 g/mol. The van der Waals surface area contributed by atoms with Crippen LogP contribution in [0.5, 0.6) is 0 Å². The molecule has 0 saturated heterocycles. The molecule has 0 aliphatic heterocycles. The zero-order chi connectivity index (χ0) is 12.6. The van der Waals surface area contributed by atoms with E-state index in [-0.39, 0.29) is 5.97 Å². The van der Waals surface area contributed by atoms with Crippen molar-refractivity contribution in [3.05, 3.63) is 35.9 Å². The lowest BCUT2D eigenvalue weighted by Gasteiger charge is -1.99. The Labute approximate surface area is 94.8 Å². The molecule has 0 radical (unpaired) electrons. The van der Waals surface area contributed by atoms with E-state index in [2.05, 4.69) is 0 Å². The van der Waals surface area contributed by atoms with E-state index in [1.165, 1.54) is 0 Å². The fourth-order valence-electron chi connectivity index (χ4n) is 0.789. The van der Waals surface area contributed by atoms with Crippen molar-refractivity contribution in [2.75, 3.05) is 12.9 Å². The highest BCUT2D eigenvalue weighted by atomic mass is 32.2. The van der Waals surface area contributed by atoms with Crippen molar-refractivity contribution in [1.29, 1.82) is 0 Å². The van der Waals surface area contributed by atoms with Gasteiger partial charge in [-0.3, -0.25) is 4.55 Å². The van der Waals surface area contributed by atoms with Crippen LogP contribution >= 0.6 is 0 Å². The number of hydrogen-bond donors (Lipinski definition) is 1. The Bertz CT molecular complexity index is 402. The van der Waals surface area contributed by atoms with Crippen LogP contribution in [0.15, 0.2) is 30.3 Å². The smallest absolute Gasteiger partial charge is 0.338 e. The Morgan fingerprint density at radius 2 is 1.75 bits per heavy atom. The minimum atomic E-state index is -3.67. The highest BCUT2D eigenvalue weighted by Crippen LogP contribution is 1.99. The number of ether oxygens (including phenoxy) is 1. The maximum Gasteiger partial charge on any atom is 0.338 e. The zero-order valence-corrected chi connectivity index (χ0v) is 9.90. The van der Waals surface area contributed by atoms with E-state index >= 15 is 0 Å². The van der Waals surface area contributed by atoms with Gasteiger partial charge in [-0.1, -0.05) is 18.2 Å². The molecular formula is C10H14O5S. The monoisotopic (exact) mass is 246 g/mol. The van der Waals surface area contributed by atoms with Crippen molar-refractivity contribution in [2.24, 2.45) is 0 Å². The fourth-order valence-corrected chi connectivity index (χ4v) is 0.789. The molecule has 0 amide bonds. The zero-order valence-electron chi connectivity index (χ0n) is 9.08. The molecule has 0 bridgehead atoms. The molecule has 0 unspecified atom stereocenters. The van der Waals surface area contributed by atoms with Gasteiger partial charge in [0.05, 0.1) is 18.4 Å². The number of hydrogen-bond acceptors (Lipinski definition) is 4. The minimum absolute atomic E-state index is 0.256. The van der Waals surface area contributed by atoms with Crippen LogP contribution in [0.1, 0.15) is 17.3 Å². The first-order valence-electron chi connectivity index (χ1n) is 4.49. The average molecular weight is 246 g/mol. The first-order valence-corrected chi connectivity index (χ1v) is 6.34. The summed E-state index contributed by atoms with van der Waals surface area (Å²) in [6.07, 6.45) is 0.715. The van der Waals surface area contributed by atoms with Crippen molar-refractivity contribution in [1.82, 2.24) is 0 Å². The summed E-state index contributed by atoms with van der Waals surface area (Å²) in [5.41, 5.74) is 0.606. The number of carbonyl (C=O) groups excluding carboxylic acids is 1. The van der Waals surface area contributed by atoms with Crippen LogP contribution < -0.4 is 0 Å². The second-order valence-corrected chi connectivity index (χ2v) is 4.29. The molecule has 0 saturated carbocycles. The predicted molar refractivity (Wildman–Crippen MR) is 59.9 cm³/mol. The van der Waals surface area contributed by atoms with Crippen LogP contribution in [0.3, 0.4) is 0 Å². The molecule has 16 heavy (non-hydrogen) atoms. The summed E-state index contributed by atoms with van der Waals surface area (Å²) in [5.74, 6) is -0.256. The van der Waals surface area contributed by atoms with Gasteiger partial charge in [0.2, 0.25) is 0 Å². The van der Waals surface area contributed by atoms with Crippen LogP contribution in [0.2, 0.25) is 0 Å². The van der Waals surface area contributed by atoms with Gasteiger partial charge in [-0.2, -0.15) is 8.42 Å². The van der Waals surface area contributed by atoms with Crippen molar-refractivity contribution in [3.63, 3.8) is 0 Å². The normalized spacial score (nSPS) is 9.94. The molecule has 1 rings (SSSR count). The summed E-state index contributed by atoms with van der Waals surface area (Å²) in [6.45, 7) is 2.22. The lowest BCUT2D eigenvalue weighted by molar-refractivity contribution is 0.0526. The Hall–Kier alpha value is -1.40. The molecule has 5 nitrogen and oxygen atoms in total. The second-order valence-electron chi connectivity index (χ2n) is 2.82. The molecule has 0 aliphatic carbocycles. The number of carbonyl (C=O) groups is 1. The third-order valence-corrected chi connectivity index (χ3v) is 1.28. The van der Waals surface area contributed by atoms with Crippen LogP contribution in [-0.2, 0) is 14.9 Å². The van der Waals surface area contributed by atoms with E-state index in [9.17, 15) is 13.2 Å². The predicted octanol–water partition coefficient (Wildman–Crippen LogP) is 1.37. The topological polar surface area (TPSA) is 80.7 Å². The largest absolute Gasteiger partial charge is 0.462 e. The van der Waals surface area contributed by atoms with Gasteiger partial charge in [0.1, 0.15) is 0 Å². The number of rotatable bonds is 2.